The van der Waals surface area contributed by atoms with Gasteiger partial charge in [-0.15, -0.1) is 0 Å². The van der Waals surface area contributed by atoms with Crippen molar-refractivity contribution in [1.82, 2.24) is 10.6 Å². The average molecular weight is 282 g/mol. The Bertz CT molecular complexity index is 345. The number of carbonyl (C=O) groups is 2. The van der Waals surface area contributed by atoms with E-state index in [1.807, 2.05) is 0 Å². The monoisotopic (exact) mass is 282 g/mol. The van der Waals surface area contributed by atoms with Crippen LogP contribution in [-0.2, 0) is 9.59 Å². The van der Waals surface area contributed by atoms with Gasteiger partial charge in [0.05, 0.1) is 12.1 Å². The second-order valence-electron chi connectivity index (χ2n) is 6.22. The summed E-state index contributed by atoms with van der Waals surface area (Å²) >= 11 is 0. The van der Waals surface area contributed by atoms with Gasteiger partial charge in [0.25, 0.3) is 0 Å². The number of hydrogen-bond donors (Lipinski definition) is 3. The molecule has 2 amide bonds. The first-order chi connectivity index (χ1) is 9.65. The van der Waals surface area contributed by atoms with Crippen LogP contribution in [0.25, 0.3) is 0 Å². The fourth-order valence-corrected chi connectivity index (χ4v) is 3.36. The summed E-state index contributed by atoms with van der Waals surface area (Å²) in [5.74, 6) is 0.164. The summed E-state index contributed by atoms with van der Waals surface area (Å²) in [6.45, 7) is 0.399. The molecule has 2 aliphatic rings. The number of amides is 2. The standard InChI is InChI=1S/C15H26N2O3/c18-11-15(8-3-4-9-15)17-13(19)7-10-16-14(20)12-5-1-2-6-12/h12,18H,1-11H2,(H,16,20)(H,17,19). The molecule has 114 valence electrons. The first kappa shape index (κ1) is 15.3. The third-order valence-corrected chi connectivity index (χ3v) is 4.65. The van der Waals surface area contributed by atoms with E-state index in [0.29, 0.717) is 13.0 Å². The van der Waals surface area contributed by atoms with Crippen molar-refractivity contribution < 1.29 is 14.7 Å². The summed E-state index contributed by atoms with van der Waals surface area (Å²) in [6.07, 6.45) is 8.33. The second kappa shape index (κ2) is 7.07. The molecule has 0 bridgehead atoms. The number of aliphatic hydroxyl groups excluding tert-OH is 1. The zero-order valence-electron chi connectivity index (χ0n) is 12.1. The zero-order valence-corrected chi connectivity index (χ0v) is 12.1. The van der Waals surface area contributed by atoms with Gasteiger partial charge >= 0.3 is 0 Å². The highest BCUT2D eigenvalue weighted by Gasteiger charge is 2.34. The summed E-state index contributed by atoms with van der Waals surface area (Å²) in [7, 11) is 0. The van der Waals surface area contributed by atoms with Gasteiger partial charge < -0.3 is 15.7 Å². The molecular formula is C15H26N2O3. The molecule has 2 fully saturated rings. The second-order valence-corrected chi connectivity index (χ2v) is 6.22. The van der Waals surface area contributed by atoms with Crippen molar-refractivity contribution in [2.45, 2.75) is 63.3 Å². The summed E-state index contributed by atoms with van der Waals surface area (Å²) in [4.78, 5) is 23.7. The maximum atomic E-state index is 11.9. The van der Waals surface area contributed by atoms with Crippen LogP contribution in [0.5, 0.6) is 0 Å². The van der Waals surface area contributed by atoms with Crippen LogP contribution in [0.3, 0.4) is 0 Å². The number of rotatable bonds is 6. The van der Waals surface area contributed by atoms with E-state index in [2.05, 4.69) is 10.6 Å². The quantitative estimate of drug-likeness (QED) is 0.683. The van der Waals surface area contributed by atoms with E-state index in [0.717, 1.165) is 51.4 Å². The van der Waals surface area contributed by atoms with E-state index in [4.69, 9.17) is 0 Å². The van der Waals surface area contributed by atoms with Crippen LogP contribution in [0.1, 0.15) is 57.8 Å². The van der Waals surface area contributed by atoms with E-state index in [-0.39, 0.29) is 24.3 Å². The molecule has 2 saturated carbocycles. The molecule has 5 heteroatoms. The van der Waals surface area contributed by atoms with Crippen molar-refractivity contribution in [3.8, 4) is 0 Å². The molecule has 20 heavy (non-hydrogen) atoms. The summed E-state index contributed by atoms with van der Waals surface area (Å²) in [5.41, 5.74) is -0.410. The summed E-state index contributed by atoms with van der Waals surface area (Å²) in [5, 5.41) is 15.2. The zero-order chi connectivity index (χ0) is 14.4. The first-order valence-electron chi connectivity index (χ1n) is 7.85. The fourth-order valence-electron chi connectivity index (χ4n) is 3.36. The smallest absolute Gasteiger partial charge is 0.223 e. The van der Waals surface area contributed by atoms with Crippen molar-refractivity contribution in [2.75, 3.05) is 13.2 Å². The third kappa shape index (κ3) is 3.95. The molecule has 0 spiro atoms. The van der Waals surface area contributed by atoms with E-state index in [9.17, 15) is 14.7 Å². The number of carbonyl (C=O) groups excluding carboxylic acids is 2. The molecule has 0 radical (unpaired) electrons. The normalized spacial score (nSPS) is 21.9. The van der Waals surface area contributed by atoms with Gasteiger partial charge in [0.2, 0.25) is 11.8 Å². The lowest BCUT2D eigenvalue weighted by Crippen LogP contribution is -2.49. The van der Waals surface area contributed by atoms with Crippen LogP contribution >= 0.6 is 0 Å². The Morgan fingerprint density at radius 3 is 2.35 bits per heavy atom. The van der Waals surface area contributed by atoms with Gasteiger partial charge in [-0.25, -0.2) is 0 Å². The lowest BCUT2D eigenvalue weighted by Gasteiger charge is -2.28. The number of nitrogens with one attached hydrogen (secondary N) is 2. The minimum atomic E-state index is -0.410. The maximum Gasteiger partial charge on any atom is 0.223 e. The summed E-state index contributed by atoms with van der Waals surface area (Å²) < 4.78 is 0. The van der Waals surface area contributed by atoms with Crippen molar-refractivity contribution >= 4 is 11.8 Å². The molecule has 2 aliphatic carbocycles. The van der Waals surface area contributed by atoms with Crippen LogP contribution in [-0.4, -0.2) is 35.6 Å². The Balaban J connectivity index is 1.65. The van der Waals surface area contributed by atoms with Crippen molar-refractivity contribution in [2.24, 2.45) is 5.92 Å². The molecule has 3 N–H and O–H groups in total. The Morgan fingerprint density at radius 2 is 1.75 bits per heavy atom. The van der Waals surface area contributed by atoms with Crippen LogP contribution in [0, 0.1) is 5.92 Å². The fraction of sp³-hybridized carbons (Fsp3) is 0.867. The van der Waals surface area contributed by atoms with Gasteiger partial charge in [-0.05, 0) is 25.7 Å². The van der Waals surface area contributed by atoms with Crippen LogP contribution in [0.4, 0.5) is 0 Å². The molecule has 0 heterocycles. The van der Waals surface area contributed by atoms with Gasteiger partial charge in [0.1, 0.15) is 0 Å². The molecule has 5 nitrogen and oxygen atoms in total. The van der Waals surface area contributed by atoms with E-state index in [1.165, 1.54) is 0 Å². The molecule has 2 rings (SSSR count). The minimum Gasteiger partial charge on any atom is -0.394 e. The Kier molecular flexibility index (Phi) is 5.40. The van der Waals surface area contributed by atoms with Crippen molar-refractivity contribution in [3.05, 3.63) is 0 Å². The third-order valence-electron chi connectivity index (χ3n) is 4.65. The van der Waals surface area contributed by atoms with Crippen LogP contribution in [0.15, 0.2) is 0 Å². The molecule has 0 aliphatic heterocycles. The molecule has 0 saturated heterocycles. The molecular weight excluding hydrogens is 256 g/mol. The Morgan fingerprint density at radius 1 is 1.10 bits per heavy atom. The molecule has 0 atom stereocenters. The van der Waals surface area contributed by atoms with Gasteiger partial charge in [0.15, 0.2) is 0 Å². The highest BCUT2D eigenvalue weighted by molar-refractivity contribution is 5.80. The number of hydrogen-bond acceptors (Lipinski definition) is 3. The summed E-state index contributed by atoms with van der Waals surface area (Å²) in [6, 6.07) is 0. The van der Waals surface area contributed by atoms with Crippen LogP contribution < -0.4 is 10.6 Å². The highest BCUT2D eigenvalue weighted by Crippen LogP contribution is 2.29. The molecule has 0 aromatic carbocycles. The van der Waals surface area contributed by atoms with Gasteiger partial charge in [-0.2, -0.15) is 0 Å². The Labute approximate surface area is 120 Å². The predicted octanol–water partition coefficient (Wildman–Crippen LogP) is 1.10. The van der Waals surface area contributed by atoms with Crippen molar-refractivity contribution in [3.63, 3.8) is 0 Å². The predicted molar refractivity (Wildman–Crippen MR) is 76.0 cm³/mol. The van der Waals surface area contributed by atoms with E-state index in [1.54, 1.807) is 0 Å². The SMILES string of the molecule is O=C(CCNC(=O)C1CCCC1)NC1(CO)CCCC1. The lowest BCUT2D eigenvalue weighted by molar-refractivity contribution is -0.125. The average Bonchev–Trinajstić information content (AvgIpc) is 3.10. The first-order valence-corrected chi connectivity index (χ1v) is 7.85. The van der Waals surface area contributed by atoms with Gasteiger partial charge in [0, 0.05) is 18.9 Å². The number of aliphatic hydroxyl groups is 1. The minimum absolute atomic E-state index is 0.00712. The Hall–Kier alpha value is -1.10. The van der Waals surface area contributed by atoms with Crippen molar-refractivity contribution in [1.29, 1.82) is 0 Å². The van der Waals surface area contributed by atoms with Crippen LogP contribution in [0.2, 0.25) is 0 Å². The topological polar surface area (TPSA) is 78.4 Å². The molecule has 0 aromatic rings. The van der Waals surface area contributed by atoms with E-state index < -0.39 is 5.54 Å². The van der Waals surface area contributed by atoms with Gasteiger partial charge in [-0.1, -0.05) is 25.7 Å². The highest BCUT2D eigenvalue weighted by atomic mass is 16.3. The van der Waals surface area contributed by atoms with E-state index >= 15 is 0 Å². The maximum absolute atomic E-state index is 11.9. The van der Waals surface area contributed by atoms with Gasteiger partial charge in [-0.3, -0.25) is 9.59 Å². The largest absolute Gasteiger partial charge is 0.394 e. The molecule has 0 aromatic heterocycles. The lowest BCUT2D eigenvalue weighted by atomic mass is 9.99. The molecule has 0 unspecified atom stereocenters.